The highest BCUT2D eigenvalue weighted by Gasteiger charge is 2.05. The van der Waals surface area contributed by atoms with E-state index < -0.39 is 0 Å². The highest BCUT2D eigenvalue weighted by molar-refractivity contribution is 9.10. The minimum atomic E-state index is -0.235. The Kier molecular flexibility index (Phi) is 5.05. The second-order valence-electron chi connectivity index (χ2n) is 5.34. The molecule has 2 N–H and O–H groups in total. The summed E-state index contributed by atoms with van der Waals surface area (Å²) in [6.07, 6.45) is 1.47. The van der Waals surface area contributed by atoms with Crippen LogP contribution in [0.4, 0.5) is 21.7 Å². The highest BCUT2D eigenvalue weighted by atomic mass is 79.9. The maximum atomic E-state index is 13.6. The molecule has 2 aromatic carbocycles. The molecule has 0 spiro atoms. The summed E-state index contributed by atoms with van der Waals surface area (Å²) < 4.78 is 14.6. The van der Waals surface area contributed by atoms with E-state index in [1.54, 1.807) is 18.2 Å². The largest absolute Gasteiger partial charge is 0.366 e. The third-order valence-electron chi connectivity index (χ3n) is 3.47. The van der Waals surface area contributed by atoms with Gasteiger partial charge in [0.2, 0.25) is 0 Å². The fourth-order valence-corrected chi connectivity index (χ4v) is 2.80. The van der Waals surface area contributed by atoms with Crippen LogP contribution in [0.5, 0.6) is 0 Å². The molecular formula is C18H16BrFN4. The van der Waals surface area contributed by atoms with Crippen molar-refractivity contribution in [1.29, 1.82) is 0 Å². The zero-order valence-corrected chi connectivity index (χ0v) is 14.6. The first-order chi connectivity index (χ1) is 11.6. The van der Waals surface area contributed by atoms with Gasteiger partial charge in [0.15, 0.2) is 0 Å². The quantitative estimate of drug-likeness (QED) is 0.644. The molecular weight excluding hydrogens is 371 g/mol. The zero-order valence-electron chi connectivity index (χ0n) is 13.1. The van der Waals surface area contributed by atoms with Gasteiger partial charge in [0, 0.05) is 22.6 Å². The maximum Gasteiger partial charge on any atom is 0.135 e. The molecule has 0 amide bonds. The number of anilines is 3. The van der Waals surface area contributed by atoms with Gasteiger partial charge in [0.1, 0.15) is 23.8 Å². The second-order valence-corrected chi connectivity index (χ2v) is 6.20. The lowest BCUT2D eigenvalue weighted by atomic mass is 10.2. The normalized spacial score (nSPS) is 10.5. The summed E-state index contributed by atoms with van der Waals surface area (Å²) in [6, 6.07) is 14.5. The maximum absolute atomic E-state index is 13.6. The third kappa shape index (κ3) is 4.08. The molecule has 1 aromatic heterocycles. The van der Waals surface area contributed by atoms with Gasteiger partial charge in [-0.25, -0.2) is 14.4 Å². The van der Waals surface area contributed by atoms with Crippen molar-refractivity contribution in [2.75, 3.05) is 10.6 Å². The zero-order chi connectivity index (χ0) is 16.9. The lowest BCUT2D eigenvalue weighted by Crippen LogP contribution is -2.04. The van der Waals surface area contributed by atoms with Crippen LogP contribution in [0.25, 0.3) is 0 Å². The Morgan fingerprint density at radius 1 is 1.04 bits per heavy atom. The van der Waals surface area contributed by atoms with Gasteiger partial charge in [-0.3, -0.25) is 0 Å². The van der Waals surface area contributed by atoms with Crippen LogP contribution in [0.2, 0.25) is 0 Å². The number of benzene rings is 2. The summed E-state index contributed by atoms with van der Waals surface area (Å²) in [4.78, 5) is 8.38. The van der Waals surface area contributed by atoms with Crippen LogP contribution < -0.4 is 10.6 Å². The van der Waals surface area contributed by atoms with E-state index in [1.807, 2.05) is 31.2 Å². The Morgan fingerprint density at radius 2 is 1.83 bits per heavy atom. The fraction of sp³-hybridized carbons (Fsp3) is 0.111. The molecule has 3 aromatic rings. The molecule has 0 aliphatic rings. The SMILES string of the molecule is Cc1ccc(Nc2cc(NCc3ccccc3F)ncn2)c(Br)c1. The number of rotatable bonds is 5. The molecule has 24 heavy (non-hydrogen) atoms. The van der Waals surface area contributed by atoms with Crippen LogP contribution in [0.3, 0.4) is 0 Å². The smallest absolute Gasteiger partial charge is 0.135 e. The van der Waals surface area contributed by atoms with Crippen molar-refractivity contribution < 1.29 is 4.39 Å². The van der Waals surface area contributed by atoms with E-state index in [9.17, 15) is 4.39 Å². The Morgan fingerprint density at radius 3 is 2.62 bits per heavy atom. The number of nitrogens with one attached hydrogen (secondary N) is 2. The number of hydrogen-bond donors (Lipinski definition) is 2. The van der Waals surface area contributed by atoms with Gasteiger partial charge in [-0.2, -0.15) is 0 Å². The number of hydrogen-bond acceptors (Lipinski definition) is 4. The van der Waals surface area contributed by atoms with Crippen LogP contribution in [0, 0.1) is 12.7 Å². The summed E-state index contributed by atoms with van der Waals surface area (Å²) >= 11 is 3.53. The molecule has 0 aliphatic heterocycles. The second kappa shape index (κ2) is 7.40. The third-order valence-corrected chi connectivity index (χ3v) is 4.13. The number of halogens is 2. The molecule has 122 valence electrons. The van der Waals surface area contributed by atoms with Crippen molar-refractivity contribution in [1.82, 2.24) is 9.97 Å². The minimum Gasteiger partial charge on any atom is -0.366 e. The Bertz CT molecular complexity index is 854. The topological polar surface area (TPSA) is 49.8 Å². The van der Waals surface area contributed by atoms with Crippen molar-refractivity contribution in [2.45, 2.75) is 13.5 Å². The highest BCUT2D eigenvalue weighted by Crippen LogP contribution is 2.26. The number of nitrogens with zero attached hydrogens (tertiary/aromatic N) is 2. The molecule has 0 aliphatic carbocycles. The van der Waals surface area contributed by atoms with E-state index in [2.05, 4.69) is 36.5 Å². The van der Waals surface area contributed by atoms with Crippen LogP contribution >= 0.6 is 15.9 Å². The van der Waals surface area contributed by atoms with Gasteiger partial charge in [-0.1, -0.05) is 24.3 Å². The van der Waals surface area contributed by atoms with E-state index in [0.717, 1.165) is 10.2 Å². The fourth-order valence-electron chi connectivity index (χ4n) is 2.21. The molecule has 4 nitrogen and oxygen atoms in total. The predicted octanol–water partition coefficient (Wildman–Crippen LogP) is 5.04. The Balaban J connectivity index is 1.71. The van der Waals surface area contributed by atoms with Crippen molar-refractivity contribution in [3.63, 3.8) is 0 Å². The summed E-state index contributed by atoms with van der Waals surface area (Å²) in [5.41, 5.74) is 2.67. The minimum absolute atomic E-state index is 0.235. The molecule has 0 radical (unpaired) electrons. The molecule has 0 saturated carbocycles. The number of aromatic nitrogens is 2. The molecule has 6 heteroatoms. The molecule has 0 atom stereocenters. The van der Waals surface area contributed by atoms with Gasteiger partial charge < -0.3 is 10.6 Å². The molecule has 3 rings (SSSR count). The van der Waals surface area contributed by atoms with Gasteiger partial charge in [-0.05, 0) is 46.6 Å². The van der Waals surface area contributed by atoms with Crippen LogP contribution in [-0.4, -0.2) is 9.97 Å². The van der Waals surface area contributed by atoms with Crippen molar-refractivity contribution in [3.05, 3.63) is 76.3 Å². The lowest BCUT2D eigenvalue weighted by Gasteiger charge is -2.10. The van der Waals surface area contributed by atoms with E-state index in [4.69, 9.17) is 0 Å². The summed E-state index contributed by atoms with van der Waals surface area (Å²) in [6.45, 7) is 2.39. The first kappa shape index (κ1) is 16.4. The molecule has 0 fully saturated rings. The Hall–Kier alpha value is -2.47. The van der Waals surface area contributed by atoms with Crippen LogP contribution in [0.15, 0.2) is 59.3 Å². The van der Waals surface area contributed by atoms with Crippen molar-refractivity contribution >= 4 is 33.3 Å². The van der Waals surface area contributed by atoms with E-state index in [0.29, 0.717) is 23.7 Å². The first-order valence-corrected chi connectivity index (χ1v) is 8.23. The van der Waals surface area contributed by atoms with E-state index >= 15 is 0 Å². The molecule has 1 heterocycles. The first-order valence-electron chi connectivity index (χ1n) is 7.44. The standard InChI is InChI=1S/C18H16BrFN4/c1-12-6-7-16(14(19)8-12)24-18-9-17(22-11-23-18)21-10-13-4-2-3-5-15(13)20/h2-9,11H,10H2,1H3,(H2,21,22,23,24). The number of aryl methyl sites for hydroxylation is 1. The summed E-state index contributed by atoms with van der Waals surface area (Å²) in [5, 5.41) is 6.35. The van der Waals surface area contributed by atoms with E-state index in [-0.39, 0.29) is 5.82 Å². The van der Waals surface area contributed by atoms with Crippen LogP contribution in [-0.2, 0) is 6.54 Å². The predicted molar refractivity (Wildman–Crippen MR) is 97.9 cm³/mol. The van der Waals surface area contributed by atoms with Gasteiger partial charge in [-0.15, -0.1) is 0 Å². The average Bonchev–Trinajstić information content (AvgIpc) is 2.57. The molecule has 0 bridgehead atoms. The van der Waals surface area contributed by atoms with Gasteiger partial charge >= 0.3 is 0 Å². The molecule has 0 saturated heterocycles. The van der Waals surface area contributed by atoms with Gasteiger partial charge in [0.25, 0.3) is 0 Å². The Labute approximate surface area is 148 Å². The average molecular weight is 387 g/mol. The monoisotopic (exact) mass is 386 g/mol. The van der Waals surface area contributed by atoms with E-state index in [1.165, 1.54) is 18.0 Å². The van der Waals surface area contributed by atoms with Crippen molar-refractivity contribution in [3.8, 4) is 0 Å². The van der Waals surface area contributed by atoms with Crippen molar-refractivity contribution in [2.24, 2.45) is 0 Å². The van der Waals surface area contributed by atoms with Gasteiger partial charge in [0.05, 0.1) is 5.69 Å². The summed E-state index contributed by atoms with van der Waals surface area (Å²) in [7, 11) is 0. The summed E-state index contributed by atoms with van der Waals surface area (Å²) in [5.74, 6) is 1.05. The van der Waals surface area contributed by atoms with Crippen LogP contribution in [0.1, 0.15) is 11.1 Å². The molecule has 0 unspecified atom stereocenters. The lowest BCUT2D eigenvalue weighted by molar-refractivity contribution is 0.613.